The summed E-state index contributed by atoms with van der Waals surface area (Å²) in [5.74, 6) is 0.189. The number of carbonyl (C=O) groups is 2. The Balaban J connectivity index is 2.50. The van der Waals surface area contributed by atoms with Crippen LogP contribution in [0, 0.1) is 0 Å². The van der Waals surface area contributed by atoms with Crippen LogP contribution >= 0.6 is 11.8 Å². The first kappa shape index (κ1) is 15.5. The second kappa shape index (κ2) is 7.81. The third-order valence-corrected chi connectivity index (χ3v) is 3.29. The highest BCUT2D eigenvalue weighted by Gasteiger charge is 2.12. The number of primary amides is 1. The standard InChI is InChI=1S/C13H19N3O2S/c1-19-6-5-11(14)13(18)16-8-9-3-2-4-10(7-9)12(15)17/h2-4,7,11H,5-6,8,14H2,1H3,(H2,15,17)(H,16,18)/t11-/m0/s1. The van der Waals surface area contributed by atoms with Gasteiger partial charge in [-0.25, -0.2) is 0 Å². The molecule has 0 spiro atoms. The van der Waals surface area contributed by atoms with Gasteiger partial charge in [0.1, 0.15) is 0 Å². The highest BCUT2D eigenvalue weighted by Crippen LogP contribution is 2.05. The normalized spacial score (nSPS) is 11.9. The number of carbonyl (C=O) groups excluding carboxylic acids is 2. The van der Waals surface area contributed by atoms with Gasteiger partial charge in [0.05, 0.1) is 6.04 Å². The van der Waals surface area contributed by atoms with Crippen LogP contribution in [0.5, 0.6) is 0 Å². The van der Waals surface area contributed by atoms with Gasteiger partial charge in [-0.1, -0.05) is 12.1 Å². The molecule has 5 N–H and O–H groups in total. The van der Waals surface area contributed by atoms with Gasteiger partial charge in [0, 0.05) is 12.1 Å². The van der Waals surface area contributed by atoms with E-state index in [9.17, 15) is 9.59 Å². The Kier molecular flexibility index (Phi) is 6.38. The molecule has 19 heavy (non-hydrogen) atoms. The number of nitrogens with one attached hydrogen (secondary N) is 1. The van der Waals surface area contributed by atoms with Crippen molar-refractivity contribution >= 4 is 23.6 Å². The molecule has 0 fully saturated rings. The predicted molar refractivity (Wildman–Crippen MR) is 77.8 cm³/mol. The maximum atomic E-state index is 11.7. The fourth-order valence-corrected chi connectivity index (χ4v) is 2.02. The van der Waals surface area contributed by atoms with Crippen LogP contribution in [0.1, 0.15) is 22.3 Å². The largest absolute Gasteiger partial charge is 0.366 e. The number of rotatable bonds is 7. The van der Waals surface area contributed by atoms with Crippen molar-refractivity contribution in [1.29, 1.82) is 0 Å². The van der Waals surface area contributed by atoms with E-state index in [1.807, 2.05) is 12.3 Å². The summed E-state index contributed by atoms with van der Waals surface area (Å²) in [5.41, 5.74) is 12.2. The van der Waals surface area contributed by atoms with Crippen molar-refractivity contribution in [3.8, 4) is 0 Å². The predicted octanol–water partition coefficient (Wildman–Crippen LogP) is 0.482. The lowest BCUT2D eigenvalue weighted by Gasteiger charge is -2.11. The molecule has 0 aliphatic rings. The van der Waals surface area contributed by atoms with Gasteiger partial charge >= 0.3 is 0 Å². The summed E-state index contributed by atoms with van der Waals surface area (Å²) in [5, 5.41) is 2.75. The van der Waals surface area contributed by atoms with Gasteiger partial charge in [0.2, 0.25) is 11.8 Å². The van der Waals surface area contributed by atoms with Gasteiger partial charge in [0.15, 0.2) is 0 Å². The third kappa shape index (κ3) is 5.32. The summed E-state index contributed by atoms with van der Waals surface area (Å²) in [4.78, 5) is 22.7. The molecule has 0 unspecified atom stereocenters. The number of nitrogens with two attached hydrogens (primary N) is 2. The van der Waals surface area contributed by atoms with Gasteiger partial charge in [-0.05, 0) is 36.1 Å². The molecule has 0 aliphatic carbocycles. The minimum atomic E-state index is -0.494. The fraction of sp³-hybridized carbons (Fsp3) is 0.385. The molecule has 0 aromatic heterocycles. The molecular formula is C13H19N3O2S. The third-order valence-electron chi connectivity index (χ3n) is 2.65. The average Bonchev–Trinajstić information content (AvgIpc) is 2.42. The van der Waals surface area contributed by atoms with E-state index in [2.05, 4.69) is 5.32 Å². The SMILES string of the molecule is CSCC[C@H](N)C(=O)NCc1cccc(C(N)=O)c1. The molecule has 6 heteroatoms. The van der Waals surface area contributed by atoms with Crippen LogP contribution in [0.2, 0.25) is 0 Å². The lowest BCUT2D eigenvalue weighted by Crippen LogP contribution is -2.40. The van der Waals surface area contributed by atoms with E-state index in [0.717, 1.165) is 11.3 Å². The lowest BCUT2D eigenvalue weighted by atomic mass is 10.1. The molecule has 0 aliphatic heterocycles. The molecule has 1 atom stereocenters. The van der Waals surface area contributed by atoms with Gasteiger partial charge in [-0.15, -0.1) is 0 Å². The van der Waals surface area contributed by atoms with Crippen LogP contribution < -0.4 is 16.8 Å². The van der Waals surface area contributed by atoms with E-state index >= 15 is 0 Å². The Morgan fingerprint density at radius 2 is 2.16 bits per heavy atom. The first-order chi connectivity index (χ1) is 9.04. The monoisotopic (exact) mass is 281 g/mol. The Hall–Kier alpha value is -1.53. The quantitative estimate of drug-likeness (QED) is 0.677. The summed E-state index contributed by atoms with van der Waals surface area (Å²) in [7, 11) is 0. The minimum Gasteiger partial charge on any atom is -0.366 e. The number of hydrogen-bond acceptors (Lipinski definition) is 4. The molecule has 0 radical (unpaired) electrons. The fourth-order valence-electron chi connectivity index (χ4n) is 1.53. The maximum Gasteiger partial charge on any atom is 0.248 e. The molecule has 0 heterocycles. The van der Waals surface area contributed by atoms with Gasteiger partial charge in [-0.2, -0.15) is 11.8 Å². The zero-order valence-corrected chi connectivity index (χ0v) is 11.7. The number of hydrogen-bond donors (Lipinski definition) is 3. The van der Waals surface area contributed by atoms with E-state index in [1.165, 1.54) is 0 Å². The second-order valence-electron chi connectivity index (χ2n) is 4.17. The molecule has 0 saturated heterocycles. The van der Waals surface area contributed by atoms with Crippen molar-refractivity contribution in [2.24, 2.45) is 11.5 Å². The van der Waals surface area contributed by atoms with E-state index in [-0.39, 0.29) is 5.91 Å². The first-order valence-electron chi connectivity index (χ1n) is 5.95. The highest BCUT2D eigenvalue weighted by molar-refractivity contribution is 7.98. The van der Waals surface area contributed by atoms with Crippen LogP contribution in [0.3, 0.4) is 0 Å². The molecule has 5 nitrogen and oxygen atoms in total. The van der Waals surface area contributed by atoms with E-state index in [1.54, 1.807) is 30.0 Å². The van der Waals surface area contributed by atoms with Crippen molar-refractivity contribution in [2.45, 2.75) is 19.0 Å². The molecular weight excluding hydrogens is 262 g/mol. The highest BCUT2D eigenvalue weighted by atomic mass is 32.2. The zero-order chi connectivity index (χ0) is 14.3. The van der Waals surface area contributed by atoms with Crippen LogP contribution in [-0.4, -0.2) is 29.9 Å². The van der Waals surface area contributed by atoms with Crippen LogP contribution in [0.15, 0.2) is 24.3 Å². The molecule has 1 aromatic carbocycles. The zero-order valence-electron chi connectivity index (χ0n) is 10.9. The molecule has 104 valence electrons. The van der Waals surface area contributed by atoms with E-state index < -0.39 is 11.9 Å². The Morgan fingerprint density at radius 3 is 2.79 bits per heavy atom. The van der Waals surface area contributed by atoms with Gasteiger partial charge in [-0.3, -0.25) is 9.59 Å². The number of benzene rings is 1. The van der Waals surface area contributed by atoms with Crippen LogP contribution in [0.4, 0.5) is 0 Å². The summed E-state index contributed by atoms with van der Waals surface area (Å²) >= 11 is 1.66. The van der Waals surface area contributed by atoms with Crippen molar-refractivity contribution in [3.63, 3.8) is 0 Å². The maximum absolute atomic E-state index is 11.7. The Morgan fingerprint density at radius 1 is 1.42 bits per heavy atom. The number of thioether (sulfide) groups is 1. The Labute approximate surface area is 117 Å². The van der Waals surface area contributed by atoms with Crippen molar-refractivity contribution < 1.29 is 9.59 Å². The van der Waals surface area contributed by atoms with Crippen molar-refractivity contribution in [1.82, 2.24) is 5.32 Å². The van der Waals surface area contributed by atoms with Crippen molar-refractivity contribution in [2.75, 3.05) is 12.0 Å². The summed E-state index contributed by atoms with van der Waals surface area (Å²) < 4.78 is 0. The molecule has 2 amide bonds. The van der Waals surface area contributed by atoms with Crippen LogP contribution in [0.25, 0.3) is 0 Å². The molecule has 0 saturated carbocycles. The average molecular weight is 281 g/mol. The minimum absolute atomic E-state index is 0.182. The topological polar surface area (TPSA) is 98.2 Å². The number of amides is 2. The smallest absolute Gasteiger partial charge is 0.248 e. The van der Waals surface area contributed by atoms with Crippen LogP contribution in [-0.2, 0) is 11.3 Å². The van der Waals surface area contributed by atoms with E-state index in [0.29, 0.717) is 18.5 Å². The summed E-state index contributed by atoms with van der Waals surface area (Å²) in [6.45, 7) is 0.340. The Bertz CT molecular complexity index is 451. The van der Waals surface area contributed by atoms with E-state index in [4.69, 9.17) is 11.5 Å². The lowest BCUT2D eigenvalue weighted by molar-refractivity contribution is -0.122. The molecule has 0 bridgehead atoms. The molecule has 1 aromatic rings. The second-order valence-corrected chi connectivity index (χ2v) is 5.16. The van der Waals surface area contributed by atoms with Crippen molar-refractivity contribution in [3.05, 3.63) is 35.4 Å². The van der Waals surface area contributed by atoms with Gasteiger partial charge in [0.25, 0.3) is 0 Å². The summed E-state index contributed by atoms with van der Waals surface area (Å²) in [6.07, 6.45) is 2.62. The molecule has 1 rings (SSSR count). The first-order valence-corrected chi connectivity index (χ1v) is 7.35. The van der Waals surface area contributed by atoms with Gasteiger partial charge < -0.3 is 16.8 Å². The summed E-state index contributed by atoms with van der Waals surface area (Å²) in [6, 6.07) is 6.36.